The fourth-order valence-electron chi connectivity index (χ4n) is 5.99. The molecule has 2 heterocycles. The molecule has 0 aliphatic rings. The lowest BCUT2D eigenvalue weighted by Gasteiger charge is -2.10. The van der Waals surface area contributed by atoms with Gasteiger partial charge in [-0.3, -0.25) is 4.98 Å². The third kappa shape index (κ3) is 9.51. The van der Waals surface area contributed by atoms with Gasteiger partial charge < -0.3 is 0 Å². The van der Waals surface area contributed by atoms with Crippen LogP contribution in [0, 0.1) is 25.2 Å². The van der Waals surface area contributed by atoms with Crippen molar-refractivity contribution in [1.82, 2.24) is 19.9 Å². The van der Waals surface area contributed by atoms with Crippen LogP contribution in [-0.2, 0) is 0 Å². The van der Waals surface area contributed by atoms with Crippen LogP contribution in [0.15, 0.2) is 200 Å². The van der Waals surface area contributed by atoms with Gasteiger partial charge in [-0.15, -0.1) is 0 Å². The fourth-order valence-corrected chi connectivity index (χ4v) is 5.99. The number of fused-ring (bicyclic) bond motifs is 1. The van der Waals surface area contributed by atoms with Gasteiger partial charge in [0.25, 0.3) is 0 Å². The summed E-state index contributed by atoms with van der Waals surface area (Å²) in [6.07, 6.45) is 1.75. The molecule has 5 nitrogen and oxygen atoms in total. The SMILES string of the molecule is Cc1ccc(-c2ccc(-c3nc(-c4ccccc4)cc(-c4ccccc4)n3)cc2)cc1.Cc1ccccc1.N#Cc1ccc(-c2cnc3ccccc3n2)cc1. The molecule has 0 fully saturated rings. The zero-order valence-electron chi connectivity index (χ0n) is 31.3. The normalized spacial score (nSPS) is 10.3. The Morgan fingerprint density at radius 2 is 0.804 bits per heavy atom. The number of benzene rings is 7. The molecule has 0 unspecified atom stereocenters. The van der Waals surface area contributed by atoms with E-state index in [1.54, 1.807) is 18.3 Å². The van der Waals surface area contributed by atoms with Gasteiger partial charge in [0.2, 0.25) is 0 Å². The van der Waals surface area contributed by atoms with Gasteiger partial charge in [0, 0.05) is 22.3 Å². The van der Waals surface area contributed by atoms with Crippen LogP contribution in [-0.4, -0.2) is 19.9 Å². The number of nitrogens with zero attached hydrogens (tertiary/aromatic N) is 5. The number of aryl methyl sites for hydroxylation is 2. The van der Waals surface area contributed by atoms with Crippen LogP contribution in [0.5, 0.6) is 0 Å². The minimum absolute atomic E-state index is 0.646. The van der Waals surface area contributed by atoms with E-state index in [-0.39, 0.29) is 0 Å². The molecule has 0 atom stereocenters. The minimum Gasteiger partial charge on any atom is -0.252 e. The molecule has 0 aliphatic carbocycles. The predicted molar refractivity (Wildman–Crippen MR) is 229 cm³/mol. The summed E-state index contributed by atoms with van der Waals surface area (Å²) in [5, 5.41) is 8.76. The van der Waals surface area contributed by atoms with Crippen molar-refractivity contribution in [1.29, 1.82) is 5.26 Å². The van der Waals surface area contributed by atoms with E-state index in [1.165, 1.54) is 22.3 Å². The monoisotopic (exact) mass is 721 g/mol. The zero-order valence-corrected chi connectivity index (χ0v) is 31.3. The average Bonchev–Trinajstić information content (AvgIpc) is 3.28. The first-order valence-corrected chi connectivity index (χ1v) is 18.4. The van der Waals surface area contributed by atoms with Crippen molar-refractivity contribution in [2.45, 2.75) is 13.8 Å². The minimum atomic E-state index is 0.646. The summed E-state index contributed by atoms with van der Waals surface area (Å²) in [6, 6.07) is 67.1. The molecule has 0 saturated heterocycles. The molecule has 5 heteroatoms. The van der Waals surface area contributed by atoms with Crippen LogP contribution in [0.3, 0.4) is 0 Å². The van der Waals surface area contributed by atoms with Crippen molar-refractivity contribution in [3.8, 4) is 62.4 Å². The highest BCUT2D eigenvalue weighted by atomic mass is 14.9. The average molecular weight is 722 g/mol. The standard InChI is InChI=1S/C29H22N2.C15H9N3.C7H8/c1-21-12-14-22(15-13-21)23-16-18-26(19-17-23)29-30-27(24-8-4-2-5-9-24)20-28(31-29)25-10-6-3-7-11-25;16-9-11-5-7-12(8-6-11)15-10-17-13-3-1-2-4-14(13)18-15;1-7-5-3-2-4-6-7/h2-20H,1H3;1-8,10H;2-6H,1H3. The van der Waals surface area contributed by atoms with Crippen molar-refractivity contribution < 1.29 is 0 Å². The molecule has 7 aromatic carbocycles. The topological polar surface area (TPSA) is 75.3 Å². The summed E-state index contributed by atoms with van der Waals surface area (Å²) in [5.41, 5.74) is 14.2. The summed E-state index contributed by atoms with van der Waals surface area (Å²) >= 11 is 0. The Balaban J connectivity index is 0.000000160. The number of hydrogen-bond acceptors (Lipinski definition) is 5. The second-order valence-electron chi connectivity index (χ2n) is 13.2. The molecule has 9 rings (SSSR count). The van der Waals surface area contributed by atoms with Crippen LogP contribution >= 0.6 is 0 Å². The summed E-state index contributed by atoms with van der Waals surface area (Å²) in [5.74, 6) is 0.732. The summed E-state index contributed by atoms with van der Waals surface area (Å²) in [4.78, 5) is 18.7. The van der Waals surface area contributed by atoms with Crippen molar-refractivity contribution in [2.75, 3.05) is 0 Å². The highest BCUT2D eigenvalue weighted by molar-refractivity contribution is 5.77. The number of nitriles is 1. The number of rotatable bonds is 5. The summed E-state index contributed by atoms with van der Waals surface area (Å²) in [7, 11) is 0. The highest BCUT2D eigenvalue weighted by Crippen LogP contribution is 2.29. The van der Waals surface area contributed by atoms with Gasteiger partial charge in [0.1, 0.15) is 0 Å². The Kier molecular flexibility index (Phi) is 11.8. The Bertz CT molecular complexity index is 2610. The molecular formula is C51H39N5. The molecule has 0 spiro atoms. The maximum absolute atomic E-state index is 8.76. The number of para-hydroxylation sites is 2. The lowest BCUT2D eigenvalue weighted by molar-refractivity contribution is 1.18. The first kappa shape index (κ1) is 36.8. The van der Waals surface area contributed by atoms with Crippen molar-refractivity contribution in [3.05, 3.63) is 217 Å². The molecule has 9 aromatic rings. The quantitative estimate of drug-likeness (QED) is 0.177. The molecule has 0 radical (unpaired) electrons. The molecule has 0 bridgehead atoms. The van der Waals surface area contributed by atoms with Gasteiger partial charge in [0.05, 0.1) is 45.9 Å². The third-order valence-corrected chi connectivity index (χ3v) is 9.09. The van der Waals surface area contributed by atoms with E-state index < -0.39 is 0 Å². The van der Waals surface area contributed by atoms with E-state index in [4.69, 9.17) is 15.2 Å². The van der Waals surface area contributed by atoms with E-state index in [1.807, 2.05) is 91.0 Å². The summed E-state index contributed by atoms with van der Waals surface area (Å²) < 4.78 is 0. The fraction of sp³-hybridized carbons (Fsp3) is 0.0392. The van der Waals surface area contributed by atoms with Gasteiger partial charge >= 0.3 is 0 Å². The Labute approximate surface area is 328 Å². The van der Waals surface area contributed by atoms with Crippen LogP contribution < -0.4 is 0 Å². The van der Waals surface area contributed by atoms with E-state index in [9.17, 15) is 0 Å². The Hall–Kier alpha value is -7.55. The Morgan fingerprint density at radius 3 is 1.32 bits per heavy atom. The van der Waals surface area contributed by atoms with E-state index in [0.29, 0.717) is 5.56 Å². The van der Waals surface area contributed by atoms with Crippen molar-refractivity contribution >= 4 is 11.0 Å². The van der Waals surface area contributed by atoms with Gasteiger partial charge in [0.15, 0.2) is 5.82 Å². The molecule has 268 valence electrons. The van der Waals surface area contributed by atoms with Crippen molar-refractivity contribution in [3.63, 3.8) is 0 Å². The van der Waals surface area contributed by atoms with Crippen LogP contribution in [0.1, 0.15) is 16.7 Å². The maximum Gasteiger partial charge on any atom is 0.160 e. The first-order chi connectivity index (χ1) is 27.5. The Morgan fingerprint density at radius 1 is 0.375 bits per heavy atom. The first-order valence-electron chi connectivity index (χ1n) is 18.4. The number of hydrogen-bond donors (Lipinski definition) is 0. The molecule has 0 N–H and O–H groups in total. The van der Waals surface area contributed by atoms with Crippen LogP contribution in [0.4, 0.5) is 0 Å². The van der Waals surface area contributed by atoms with Gasteiger partial charge in [-0.1, -0.05) is 175 Å². The van der Waals surface area contributed by atoms with Gasteiger partial charge in [-0.25, -0.2) is 15.0 Å². The van der Waals surface area contributed by atoms with Crippen molar-refractivity contribution in [2.24, 2.45) is 0 Å². The van der Waals surface area contributed by atoms with Crippen LogP contribution in [0.25, 0.3) is 67.3 Å². The van der Waals surface area contributed by atoms with Crippen LogP contribution in [0.2, 0.25) is 0 Å². The smallest absolute Gasteiger partial charge is 0.160 e. The molecule has 0 amide bonds. The molecule has 0 aliphatic heterocycles. The van der Waals surface area contributed by atoms with Gasteiger partial charge in [-0.2, -0.15) is 5.26 Å². The second-order valence-corrected chi connectivity index (χ2v) is 13.2. The van der Waals surface area contributed by atoms with E-state index >= 15 is 0 Å². The lowest BCUT2D eigenvalue weighted by atomic mass is 10.0. The third-order valence-electron chi connectivity index (χ3n) is 9.09. The molecular weight excluding hydrogens is 683 g/mol. The molecule has 0 saturated carbocycles. The van der Waals surface area contributed by atoms with E-state index in [0.717, 1.165) is 56.2 Å². The van der Waals surface area contributed by atoms with Gasteiger partial charge in [-0.05, 0) is 55.3 Å². The predicted octanol–water partition coefficient (Wildman–Crippen LogP) is 12.6. The zero-order chi connectivity index (χ0) is 38.5. The second kappa shape index (κ2) is 18.0. The maximum atomic E-state index is 8.76. The number of aromatic nitrogens is 4. The molecule has 2 aromatic heterocycles. The summed E-state index contributed by atoms with van der Waals surface area (Å²) in [6.45, 7) is 4.19. The molecule has 56 heavy (non-hydrogen) atoms. The van der Waals surface area contributed by atoms with E-state index in [2.05, 4.69) is 121 Å². The highest BCUT2D eigenvalue weighted by Gasteiger charge is 2.11. The largest absolute Gasteiger partial charge is 0.252 e. The lowest BCUT2D eigenvalue weighted by Crippen LogP contribution is -1.95.